The number of carbonyl (C=O) groups is 2. The average Bonchev–Trinajstić information content (AvgIpc) is 3.36. The van der Waals surface area contributed by atoms with E-state index in [1.54, 1.807) is 0 Å². The summed E-state index contributed by atoms with van der Waals surface area (Å²) in [6.07, 6.45) is 3.35. The molecule has 1 aromatic carbocycles. The number of carbonyl (C=O) groups excluding carboxylic acids is 2. The molecular weight excluding hydrogens is 314 g/mol. The van der Waals surface area contributed by atoms with Crippen LogP contribution in [0.15, 0.2) is 24.3 Å². The van der Waals surface area contributed by atoms with Crippen molar-refractivity contribution in [3.8, 4) is 0 Å². The topological polar surface area (TPSA) is 46.6 Å². The van der Waals surface area contributed by atoms with Crippen molar-refractivity contribution in [2.45, 2.75) is 38.0 Å². The fourth-order valence-corrected chi connectivity index (χ4v) is 3.64. The van der Waals surface area contributed by atoms with Crippen LogP contribution in [0.5, 0.6) is 0 Å². The molecule has 2 fully saturated rings. The number of nitrogens with zero attached hydrogens (tertiary/aromatic N) is 1. The molecule has 4 nitrogen and oxygen atoms in total. The van der Waals surface area contributed by atoms with Crippen LogP contribution in [0.3, 0.4) is 0 Å². The average molecular weight is 336 g/mol. The predicted octanol–water partition coefficient (Wildman–Crippen LogP) is 3.17. The second-order valence-electron chi connectivity index (χ2n) is 6.43. The Labute approximate surface area is 141 Å². The van der Waals surface area contributed by atoms with Crippen molar-refractivity contribution in [3.05, 3.63) is 34.9 Å². The van der Waals surface area contributed by atoms with Gasteiger partial charge in [-0.25, -0.2) is 0 Å². The van der Waals surface area contributed by atoms with Crippen molar-refractivity contribution < 1.29 is 14.3 Å². The van der Waals surface area contributed by atoms with E-state index in [9.17, 15) is 9.59 Å². The number of halogens is 1. The van der Waals surface area contributed by atoms with Gasteiger partial charge < -0.3 is 9.64 Å². The molecule has 1 saturated carbocycles. The second-order valence-corrected chi connectivity index (χ2v) is 6.87. The Morgan fingerprint density at radius 1 is 1.39 bits per heavy atom. The minimum absolute atomic E-state index is 0.133. The molecule has 2 aliphatic rings. The van der Waals surface area contributed by atoms with Crippen LogP contribution in [0, 0.1) is 5.92 Å². The Hall–Kier alpha value is -1.55. The predicted molar refractivity (Wildman–Crippen MR) is 88.3 cm³/mol. The summed E-state index contributed by atoms with van der Waals surface area (Å²) in [4.78, 5) is 26.9. The van der Waals surface area contributed by atoms with Crippen molar-refractivity contribution in [2.75, 3.05) is 19.7 Å². The van der Waals surface area contributed by atoms with Crippen LogP contribution in [0.1, 0.15) is 38.2 Å². The Balaban J connectivity index is 1.74. The van der Waals surface area contributed by atoms with Crippen LogP contribution >= 0.6 is 11.6 Å². The van der Waals surface area contributed by atoms with Crippen molar-refractivity contribution in [3.63, 3.8) is 0 Å². The zero-order valence-electron chi connectivity index (χ0n) is 13.4. The number of esters is 1. The lowest BCUT2D eigenvalue weighted by Gasteiger charge is -2.34. The first kappa shape index (κ1) is 16.3. The molecule has 1 heterocycles. The molecule has 1 atom stereocenters. The van der Waals surface area contributed by atoms with E-state index < -0.39 is 5.41 Å². The highest BCUT2D eigenvalue weighted by Gasteiger charge is 2.53. The van der Waals surface area contributed by atoms with Crippen LogP contribution < -0.4 is 0 Å². The van der Waals surface area contributed by atoms with Crippen molar-refractivity contribution in [2.24, 2.45) is 5.92 Å². The van der Waals surface area contributed by atoms with Gasteiger partial charge >= 0.3 is 5.97 Å². The summed E-state index contributed by atoms with van der Waals surface area (Å²) in [5.41, 5.74) is 0.565. The van der Waals surface area contributed by atoms with Gasteiger partial charge in [-0.3, -0.25) is 9.59 Å². The molecule has 0 spiro atoms. The molecule has 3 rings (SSSR count). The van der Waals surface area contributed by atoms with Gasteiger partial charge in [0, 0.05) is 18.1 Å². The van der Waals surface area contributed by atoms with Crippen LogP contribution in [-0.2, 0) is 19.7 Å². The van der Waals surface area contributed by atoms with Gasteiger partial charge in [0.05, 0.1) is 17.9 Å². The van der Waals surface area contributed by atoms with E-state index in [-0.39, 0.29) is 17.8 Å². The lowest BCUT2D eigenvalue weighted by atomic mass is 9.91. The lowest BCUT2D eigenvalue weighted by Crippen LogP contribution is -2.47. The maximum absolute atomic E-state index is 13.1. The molecule has 1 unspecified atom stereocenters. The number of rotatable bonds is 4. The molecule has 1 aliphatic carbocycles. The summed E-state index contributed by atoms with van der Waals surface area (Å²) in [5, 5.41) is 0.657. The Kier molecular flexibility index (Phi) is 4.62. The van der Waals surface area contributed by atoms with Gasteiger partial charge in [0.2, 0.25) is 5.91 Å². The molecule has 1 aromatic rings. The molecule has 1 aliphatic heterocycles. The fourth-order valence-electron chi connectivity index (χ4n) is 3.45. The molecule has 0 bridgehead atoms. The highest BCUT2D eigenvalue weighted by molar-refractivity contribution is 6.30. The molecule has 0 radical (unpaired) electrons. The third-order valence-electron chi connectivity index (χ3n) is 4.87. The lowest BCUT2D eigenvalue weighted by molar-refractivity contribution is -0.151. The maximum Gasteiger partial charge on any atom is 0.310 e. The van der Waals surface area contributed by atoms with Crippen LogP contribution in [-0.4, -0.2) is 36.5 Å². The van der Waals surface area contributed by atoms with Gasteiger partial charge in [0.1, 0.15) is 0 Å². The summed E-state index contributed by atoms with van der Waals surface area (Å²) in [6, 6.07) is 7.58. The summed E-state index contributed by atoms with van der Waals surface area (Å²) in [6.45, 7) is 3.38. The number of likely N-dealkylation sites (tertiary alicyclic amines) is 1. The van der Waals surface area contributed by atoms with Gasteiger partial charge in [-0.2, -0.15) is 0 Å². The molecular formula is C18H22ClNO3. The first-order valence-corrected chi connectivity index (χ1v) is 8.66. The number of piperidine rings is 1. The number of hydrogen-bond acceptors (Lipinski definition) is 3. The molecule has 1 saturated heterocycles. The Bertz CT molecular complexity index is 612. The third-order valence-corrected chi connectivity index (χ3v) is 5.10. The number of ether oxygens (including phenoxy) is 1. The summed E-state index contributed by atoms with van der Waals surface area (Å²) in [7, 11) is 0. The zero-order valence-corrected chi connectivity index (χ0v) is 14.1. The van der Waals surface area contributed by atoms with Gasteiger partial charge in [-0.15, -0.1) is 0 Å². The van der Waals surface area contributed by atoms with Crippen LogP contribution in [0.2, 0.25) is 5.02 Å². The fraction of sp³-hybridized carbons (Fsp3) is 0.556. The van der Waals surface area contributed by atoms with Crippen LogP contribution in [0.4, 0.5) is 0 Å². The monoisotopic (exact) mass is 335 g/mol. The van der Waals surface area contributed by atoms with E-state index in [0.29, 0.717) is 18.2 Å². The normalized spacial score (nSPS) is 22.5. The maximum atomic E-state index is 13.1. The van der Waals surface area contributed by atoms with E-state index >= 15 is 0 Å². The molecule has 1 amide bonds. The smallest absolute Gasteiger partial charge is 0.310 e. The summed E-state index contributed by atoms with van der Waals surface area (Å²) >= 11 is 6.08. The van der Waals surface area contributed by atoms with Crippen LogP contribution in [0.25, 0.3) is 0 Å². The van der Waals surface area contributed by atoms with Crippen molar-refractivity contribution in [1.29, 1.82) is 0 Å². The molecule has 5 heteroatoms. The van der Waals surface area contributed by atoms with E-state index in [2.05, 4.69) is 0 Å². The molecule has 0 aromatic heterocycles. The standard InChI is InChI=1S/C18H22ClNO3/c1-2-23-16(21)13-5-4-10-20(12-13)17(22)18(8-9-18)14-6-3-7-15(19)11-14/h3,6-7,11,13H,2,4-5,8-10,12H2,1H3. The molecule has 124 valence electrons. The Morgan fingerprint density at radius 2 is 2.17 bits per heavy atom. The number of benzene rings is 1. The van der Waals surface area contributed by atoms with Gasteiger partial charge in [0.15, 0.2) is 0 Å². The van der Waals surface area contributed by atoms with Gasteiger partial charge in [0.25, 0.3) is 0 Å². The molecule has 23 heavy (non-hydrogen) atoms. The van der Waals surface area contributed by atoms with Crippen molar-refractivity contribution in [1.82, 2.24) is 4.90 Å². The minimum Gasteiger partial charge on any atom is -0.466 e. The first-order chi connectivity index (χ1) is 11.1. The van der Waals surface area contributed by atoms with E-state index in [1.807, 2.05) is 36.1 Å². The first-order valence-electron chi connectivity index (χ1n) is 8.29. The molecule has 0 N–H and O–H groups in total. The number of hydrogen-bond donors (Lipinski definition) is 0. The quantitative estimate of drug-likeness (QED) is 0.794. The second kappa shape index (κ2) is 6.52. The van der Waals surface area contributed by atoms with Crippen molar-refractivity contribution >= 4 is 23.5 Å². The van der Waals surface area contributed by atoms with E-state index in [4.69, 9.17) is 16.3 Å². The van der Waals surface area contributed by atoms with E-state index in [1.165, 1.54) is 0 Å². The zero-order chi connectivity index (χ0) is 16.4. The van der Waals surface area contributed by atoms with Gasteiger partial charge in [-0.1, -0.05) is 23.7 Å². The third kappa shape index (κ3) is 3.23. The summed E-state index contributed by atoms with van der Waals surface area (Å²) in [5.74, 6) is -0.242. The summed E-state index contributed by atoms with van der Waals surface area (Å²) < 4.78 is 5.12. The minimum atomic E-state index is -0.429. The highest BCUT2D eigenvalue weighted by atomic mass is 35.5. The Morgan fingerprint density at radius 3 is 2.83 bits per heavy atom. The largest absolute Gasteiger partial charge is 0.466 e. The number of amides is 1. The SMILES string of the molecule is CCOC(=O)C1CCCN(C(=O)C2(c3cccc(Cl)c3)CC2)C1. The highest BCUT2D eigenvalue weighted by Crippen LogP contribution is 2.50. The van der Waals surface area contributed by atoms with E-state index in [0.717, 1.165) is 37.8 Å². The van der Waals surface area contributed by atoms with Gasteiger partial charge in [-0.05, 0) is 50.3 Å².